The summed E-state index contributed by atoms with van der Waals surface area (Å²) in [6.45, 7) is 1.75. The Bertz CT molecular complexity index is 1000. The Labute approximate surface area is 174 Å². The van der Waals surface area contributed by atoms with Gasteiger partial charge in [-0.15, -0.1) is 10.2 Å². The maximum Gasteiger partial charge on any atom is 0.262 e. The molecule has 154 valence electrons. The fourth-order valence-corrected chi connectivity index (χ4v) is 3.43. The SMILES string of the molecule is O=C(COc1ccccc1F)Nc1cccc(-c2ccc(N3CCCCC3)nn2)c1. The van der Waals surface area contributed by atoms with Crippen molar-refractivity contribution in [3.05, 3.63) is 66.5 Å². The minimum Gasteiger partial charge on any atom is -0.481 e. The Balaban J connectivity index is 1.38. The summed E-state index contributed by atoms with van der Waals surface area (Å²) >= 11 is 0. The molecular weight excluding hydrogens is 383 g/mol. The molecule has 1 aliphatic heterocycles. The molecule has 1 fully saturated rings. The summed E-state index contributed by atoms with van der Waals surface area (Å²) in [4.78, 5) is 14.4. The topological polar surface area (TPSA) is 67.3 Å². The largest absolute Gasteiger partial charge is 0.481 e. The highest BCUT2D eigenvalue weighted by molar-refractivity contribution is 5.92. The summed E-state index contributed by atoms with van der Waals surface area (Å²) in [5, 5.41) is 11.5. The molecular formula is C23H23FN4O2. The lowest BCUT2D eigenvalue weighted by molar-refractivity contribution is -0.118. The monoisotopic (exact) mass is 406 g/mol. The summed E-state index contributed by atoms with van der Waals surface area (Å²) in [5.41, 5.74) is 2.19. The van der Waals surface area contributed by atoms with Gasteiger partial charge in [-0.3, -0.25) is 4.79 Å². The normalized spacial score (nSPS) is 13.7. The van der Waals surface area contributed by atoms with Gasteiger partial charge in [0.2, 0.25) is 0 Å². The van der Waals surface area contributed by atoms with Gasteiger partial charge in [-0.05, 0) is 55.7 Å². The van der Waals surface area contributed by atoms with Crippen molar-refractivity contribution in [2.24, 2.45) is 0 Å². The van der Waals surface area contributed by atoms with Gasteiger partial charge < -0.3 is 15.0 Å². The predicted molar refractivity (Wildman–Crippen MR) is 114 cm³/mol. The highest BCUT2D eigenvalue weighted by Gasteiger charge is 2.13. The van der Waals surface area contributed by atoms with E-state index in [1.165, 1.54) is 31.4 Å². The Hall–Kier alpha value is -3.48. The van der Waals surface area contributed by atoms with Crippen LogP contribution in [0.4, 0.5) is 15.9 Å². The molecule has 0 atom stereocenters. The van der Waals surface area contributed by atoms with E-state index < -0.39 is 5.82 Å². The van der Waals surface area contributed by atoms with Gasteiger partial charge in [0.05, 0.1) is 5.69 Å². The smallest absolute Gasteiger partial charge is 0.262 e. The number of halogens is 1. The van der Waals surface area contributed by atoms with Crippen molar-refractivity contribution in [3.63, 3.8) is 0 Å². The zero-order chi connectivity index (χ0) is 20.8. The number of piperidine rings is 1. The third-order valence-corrected chi connectivity index (χ3v) is 4.97. The van der Waals surface area contributed by atoms with E-state index in [2.05, 4.69) is 20.4 Å². The van der Waals surface area contributed by atoms with E-state index in [0.29, 0.717) is 5.69 Å². The van der Waals surface area contributed by atoms with Crippen LogP contribution in [-0.2, 0) is 4.79 Å². The van der Waals surface area contributed by atoms with E-state index in [1.54, 1.807) is 18.2 Å². The van der Waals surface area contributed by atoms with Crippen molar-refractivity contribution in [2.75, 3.05) is 29.9 Å². The van der Waals surface area contributed by atoms with Crippen LogP contribution in [0.1, 0.15) is 19.3 Å². The number of rotatable bonds is 6. The van der Waals surface area contributed by atoms with Crippen LogP contribution in [0.5, 0.6) is 5.75 Å². The highest BCUT2D eigenvalue weighted by Crippen LogP contribution is 2.23. The zero-order valence-electron chi connectivity index (χ0n) is 16.6. The third-order valence-electron chi connectivity index (χ3n) is 4.97. The van der Waals surface area contributed by atoms with Crippen LogP contribution >= 0.6 is 0 Å². The molecule has 2 aromatic carbocycles. The third kappa shape index (κ3) is 4.92. The molecule has 30 heavy (non-hydrogen) atoms. The summed E-state index contributed by atoms with van der Waals surface area (Å²) in [7, 11) is 0. The average Bonchev–Trinajstić information content (AvgIpc) is 2.79. The number of aromatic nitrogens is 2. The van der Waals surface area contributed by atoms with E-state index >= 15 is 0 Å². The van der Waals surface area contributed by atoms with Gasteiger partial charge in [0, 0.05) is 24.3 Å². The second kappa shape index (κ2) is 9.35. The number of hydrogen-bond acceptors (Lipinski definition) is 5. The number of para-hydroxylation sites is 1. The highest BCUT2D eigenvalue weighted by atomic mass is 19.1. The standard InChI is InChI=1S/C23H23FN4O2/c24-19-9-2-3-10-21(19)30-16-23(29)25-18-8-6-7-17(15-18)20-11-12-22(27-26-20)28-13-4-1-5-14-28/h2-3,6-12,15H,1,4-5,13-14,16H2,(H,25,29). The first-order valence-corrected chi connectivity index (χ1v) is 10.1. The van der Waals surface area contributed by atoms with Gasteiger partial charge in [0.1, 0.15) is 0 Å². The van der Waals surface area contributed by atoms with Crippen LogP contribution in [0.15, 0.2) is 60.7 Å². The Kier molecular flexibility index (Phi) is 6.17. The molecule has 1 aromatic heterocycles. The van der Waals surface area contributed by atoms with Crippen molar-refractivity contribution < 1.29 is 13.9 Å². The molecule has 4 rings (SSSR count). The quantitative estimate of drug-likeness (QED) is 0.661. The average molecular weight is 406 g/mol. The molecule has 0 bridgehead atoms. The molecule has 0 spiro atoms. The van der Waals surface area contributed by atoms with E-state index in [0.717, 1.165) is 30.2 Å². The zero-order valence-corrected chi connectivity index (χ0v) is 16.6. The van der Waals surface area contributed by atoms with Crippen LogP contribution in [0.3, 0.4) is 0 Å². The number of hydrogen-bond donors (Lipinski definition) is 1. The number of carbonyl (C=O) groups is 1. The molecule has 1 saturated heterocycles. The van der Waals surface area contributed by atoms with E-state index in [9.17, 15) is 9.18 Å². The molecule has 0 unspecified atom stereocenters. The van der Waals surface area contributed by atoms with Crippen molar-refractivity contribution in [1.82, 2.24) is 10.2 Å². The van der Waals surface area contributed by atoms with Gasteiger partial charge in [-0.1, -0.05) is 24.3 Å². The first kappa shape index (κ1) is 19.8. The Morgan fingerprint density at radius 2 is 1.83 bits per heavy atom. The molecule has 2 heterocycles. The number of nitrogens with one attached hydrogen (secondary N) is 1. The number of anilines is 2. The summed E-state index contributed by atoms with van der Waals surface area (Å²) < 4.78 is 18.8. The maximum absolute atomic E-state index is 13.6. The van der Waals surface area contributed by atoms with Crippen LogP contribution in [0.2, 0.25) is 0 Å². The van der Waals surface area contributed by atoms with Gasteiger partial charge in [0.25, 0.3) is 5.91 Å². The van der Waals surface area contributed by atoms with Crippen molar-refractivity contribution >= 4 is 17.4 Å². The minimum atomic E-state index is -0.501. The minimum absolute atomic E-state index is 0.0467. The number of amides is 1. The Morgan fingerprint density at radius 1 is 1.00 bits per heavy atom. The van der Waals surface area contributed by atoms with Crippen LogP contribution in [0, 0.1) is 5.82 Å². The van der Waals surface area contributed by atoms with Crippen LogP contribution in [-0.4, -0.2) is 35.8 Å². The number of benzene rings is 2. The van der Waals surface area contributed by atoms with Crippen molar-refractivity contribution in [2.45, 2.75) is 19.3 Å². The number of carbonyl (C=O) groups excluding carboxylic acids is 1. The second-order valence-electron chi connectivity index (χ2n) is 7.17. The van der Waals surface area contributed by atoms with Gasteiger partial charge in [-0.2, -0.15) is 0 Å². The molecule has 1 N–H and O–H groups in total. The molecule has 1 aliphatic rings. The summed E-state index contributed by atoms with van der Waals surface area (Å²) in [6, 6.07) is 17.3. The molecule has 7 heteroatoms. The van der Waals surface area contributed by atoms with Gasteiger partial charge in [-0.25, -0.2) is 4.39 Å². The maximum atomic E-state index is 13.6. The van der Waals surface area contributed by atoms with Crippen LogP contribution < -0.4 is 15.0 Å². The number of nitrogens with zero attached hydrogens (tertiary/aromatic N) is 3. The molecule has 0 saturated carbocycles. The lowest BCUT2D eigenvalue weighted by Crippen LogP contribution is -2.30. The lowest BCUT2D eigenvalue weighted by atomic mass is 10.1. The lowest BCUT2D eigenvalue weighted by Gasteiger charge is -2.27. The molecule has 0 aliphatic carbocycles. The van der Waals surface area contributed by atoms with E-state index in [4.69, 9.17) is 4.74 Å². The molecule has 0 radical (unpaired) electrons. The van der Waals surface area contributed by atoms with Gasteiger partial charge in [0.15, 0.2) is 24.0 Å². The Morgan fingerprint density at radius 3 is 2.60 bits per heavy atom. The fraction of sp³-hybridized carbons (Fsp3) is 0.261. The molecule has 3 aromatic rings. The van der Waals surface area contributed by atoms with Crippen molar-refractivity contribution in [1.29, 1.82) is 0 Å². The van der Waals surface area contributed by atoms with Gasteiger partial charge >= 0.3 is 0 Å². The summed E-state index contributed by atoms with van der Waals surface area (Å²) in [5.74, 6) is 0.0690. The molecule has 1 amide bonds. The first-order valence-electron chi connectivity index (χ1n) is 10.1. The van der Waals surface area contributed by atoms with E-state index in [1.807, 2.05) is 30.3 Å². The fourth-order valence-electron chi connectivity index (χ4n) is 3.43. The van der Waals surface area contributed by atoms with E-state index in [-0.39, 0.29) is 18.3 Å². The predicted octanol–water partition coefficient (Wildman–Crippen LogP) is 4.29. The van der Waals surface area contributed by atoms with Crippen LogP contribution in [0.25, 0.3) is 11.3 Å². The molecule has 6 nitrogen and oxygen atoms in total. The van der Waals surface area contributed by atoms with Crippen molar-refractivity contribution in [3.8, 4) is 17.0 Å². The second-order valence-corrected chi connectivity index (χ2v) is 7.17. The summed E-state index contributed by atoms with van der Waals surface area (Å²) in [6.07, 6.45) is 3.64. The number of ether oxygens (including phenoxy) is 1. The first-order chi connectivity index (χ1) is 14.7.